The number of carboxylic acid groups (broad SMARTS) is 1. The number of aromatic nitrogens is 4. The summed E-state index contributed by atoms with van der Waals surface area (Å²) in [4.78, 5) is 13.7. The summed E-state index contributed by atoms with van der Waals surface area (Å²) in [6, 6.07) is 8.49. The van der Waals surface area contributed by atoms with Crippen molar-refractivity contribution in [3.63, 3.8) is 0 Å². The van der Waals surface area contributed by atoms with E-state index in [9.17, 15) is 9.90 Å². The number of hydrogen-bond acceptors (Lipinski definition) is 5. The van der Waals surface area contributed by atoms with Gasteiger partial charge < -0.3 is 10.0 Å². The zero-order chi connectivity index (χ0) is 16.5. The van der Waals surface area contributed by atoms with Gasteiger partial charge >= 0.3 is 5.97 Å². The lowest BCUT2D eigenvalue weighted by Crippen LogP contribution is -2.29. The van der Waals surface area contributed by atoms with Gasteiger partial charge in [0.25, 0.3) is 0 Å². The molecule has 2 aliphatic rings. The highest BCUT2D eigenvalue weighted by Crippen LogP contribution is 2.33. The molecule has 24 heavy (non-hydrogen) atoms. The average molecular weight is 327 g/mol. The van der Waals surface area contributed by atoms with Crippen LogP contribution in [0, 0.1) is 5.92 Å². The van der Waals surface area contributed by atoms with Crippen molar-refractivity contribution in [3.8, 4) is 0 Å². The van der Waals surface area contributed by atoms with E-state index in [1.165, 1.54) is 6.42 Å². The zero-order valence-corrected chi connectivity index (χ0v) is 13.5. The molecule has 0 radical (unpaired) electrons. The fourth-order valence-electron chi connectivity index (χ4n) is 3.57. The molecule has 2 aromatic rings. The van der Waals surface area contributed by atoms with Crippen molar-refractivity contribution in [2.45, 2.75) is 44.7 Å². The first kappa shape index (κ1) is 15.1. The first-order chi connectivity index (χ1) is 11.7. The summed E-state index contributed by atoms with van der Waals surface area (Å²) in [5, 5.41) is 21.7. The Kier molecular flexibility index (Phi) is 3.92. The van der Waals surface area contributed by atoms with Crippen molar-refractivity contribution >= 4 is 11.7 Å². The molecule has 0 spiro atoms. The van der Waals surface area contributed by atoms with E-state index in [-0.39, 0.29) is 5.92 Å². The minimum atomic E-state index is -0.717. The number of hydrogen-bond donors (Lipinski definition) is 1. The number of benzene rings is 1. The molecule has 0 bridgehead atoms. The maximum absolute atomic E-state index is 11.5. The molecule has 1 aromatic carbocycles. The Labute approximate surface area is 140 Å². The van der Waals surface area contributed by atoms with E-state index < -0.39 is 5.97 Å². The summed E-state index contributed by atoms with van der Waals surface area (Å²) in [7, 11) is 0. The molecule has 1 N–H and O–H groups in total. The second-order valence-corrected chi connectivity index (χ2v) is 6.70. The van der Waals surface area contributed by atoms with Crippen LogP contribution in [0.5, 0.6) is 0 Å². The maximum atomic E-state index is 11.5. The highest BCUT2D eigenvalue weighted by atomic mass is 16.4. The molecule has 0 amide bonds. The number of tetrazole rings is 1. The van der Waals surface area contributed by atoms with E-state index in [0.717, 1.165) is 29.9 Å². The summed E-state index contributed by atoms with van der Waals surface area (Å²) in [5.74, 6) is -0.187. The van der Waals surface area contributed by atoms with E-state index in [2.05, 4.69) is 26.5 Å². The molecule has 1 saturated carbocycles. The fourth-order valence-corrected chi connectivity index (χ4v) is 3.57. The van der Waals surface area contributed by atoms with E-state index in [1.54, 1.807) is 0 Å². The van der Waals surface area contributed by atoms with Crippen LogP contribution in [0.4, 0.5) is 5.69 Å². The van der Waals surface area contributed by atoms with Crippen LogP contribution in [0.3, 0.4) is 0 Å². The molecule has 1 atom stereocenters. The molecule has 1 aliphatic heterocycles. The lowest BCUT2D eigenvalue weighted by Gasteiger charge is -2.28. The molecule has 1 aromatic heterocycles. The number of para-hydroxylation sites is 1. The molecule has 0 saturated heterocycles. The van der Waals surface area contributed by atoms with Gasteiger partial charge in [-0.25, -0.2) is 4.68 Å². The molecule has 7 heteroatoms. The van der Waals surface area contributed by atoms with Gasteiger partial charge in [-0.2, -0.15) is 0 Å². The molecule has 2 heterocycles. The lowest BCUT2D eigenvalue weighted by molar-refractivity contribution is -0.141. The van der Waals surface area contributed by atoms with Crippen molar-refractivity contribution in [3.05, 3.63) is 35.7 Å². The number of rotatable bonds is 4. The van der Waals surface area contributed by atoms with Gasteiger partial charge in [0.05, 0.1) is 18.5 Å². The number of carboxylic acids is 1. The van der Waals surface area contributed by atoms with Crippen molar-refractivity contribution < 1.29 is 9.90 Å². The molecule has 1 aliphatic carbocycles. The maximum Gasteiger partial charge on any atom is 0.306 e. The predicted molar refractivity (Wildman–Crippen MR) is 87.6 cm³/mol. The van der Waals surface area contributed by atoms with Crippen LogP contribution in [0.2, 0.25) is 0 Å². The van der Waals surface area contributed by atoms with Gasteiger partial charge in [0.2, 0.25) is 0 Å². The number of anilines is 1. The van der Waals surface area contributed by atoms with Crippen molar-refractivity contribution in [2.75, 3.05) is 11.4 Å². The number of aliphatic carboxylic acids is 1. The first-order valence-electron chi connectivity index (χ1n) is 8.55. The van der Waals surface area contributed by atoms with Crippen molar-refractivity contribution in [1.29, 1.82) is 0 Å². The van der Waals surface area contributed by atoms with Crippen LogP contribution >= 0.6 is 0 Å². The van der Waals surface area contributed by atoms with Gasteiger partial charge in [0.1, 0.15) is 0 Å². The molecule has 126 valence electrons. The molecular weight excluding hydrogens is 306 g/mol. The summed E-state index contributed by atoms with van der Waals surface area (Å²) in [5.41, 5.74) is 2.19. The Morgan fingerprint density at radius 3 is 2.83 bits per heavy atom. The second kappa shape index (κ2) is 6.22. The first-order valence-corrected chi connectivity index (χ1v) is 8.55. The van der Waals surface area contributed by atoms with Crippen molar-refractivity contribution in [1.82, 2.24) is 20.2 Å². The molecule has 1 fully saturated rings. The topological polar surface area (TPSA) is 84.1 Å². The van der Waals surface area contributed by atoms with Crippen molar-refractivity contribution in [2.24, 2.45) is 5.92 Å². The molecular formula is C17H21N5O2. The van der Waals surface area contributed by atoms with Crippen LogP contribution in [-0.4, -0.2) is 37.8 Å². The van der Waals surface area contributed by atoms with Crippen LogP contribution in [0.15, 0.2) is 24.3 Å². The van der Waals surface area contributed by atoms with Crippen LogP contribution in [0.25, 0.3) is 0 Å². The van der Waals surface area contributed by atoms with Gasteiger partial charge in [0, 0.05) is 12.2 Å². The number of fused-ring (bicyclic) bond motifs is 1. The normalized spacial score (nSPS) is 21.0. The quantitative estimate of drug-likeness (QED) is 0.925. The van der Waals surface area contributed by atoms with Gasteiger partial charge in [-0.05, 0) is 54.2 Å². The fraction of sp³-hybridized carbons (Fsp3) is 0.529. The Morgan fingerprint density at radius 2 is 2.08 bits per heavy atom. The average Bonchev–Trinajstić information content (AvgIpc) is 2.87. The van der Waals surface area contributed by atoms with E-state index >= 15 is 0 Å². The van der Waals surface area contributed by atoms with Gasteiger partial charge in [-0.1, -0.05) is 18.2 Å². The van der Waals surface area contributed by atoms with E-state index in [0.29, 0.717) is 32.0 Å². The molecule has 1 unspecified atom stereocenters. The summed E-state index contributed by atoms with van der Waals surface area (Å²) in [6.45, 7) is 1.32. The minimum Gasteiger partial charge on any atom is -0.481 e. The largest absolute Gasteiger partial charge is 0.481 e. The summed E-state index contributed by atoms with van der Waals surface area (Å²) >= 11 is 0. The van der Waals surface area contributed by atoms with E-state index in [1.807, 2.05) is 22.9 Å². The van der Waals surface area contributed by atoms with Gasteiger partial charge in [0.15, 0.2) is 5.82 Å². The minimum absolute atomic E-state index is 0.334. The highest BCUT2D eigenvalue weighted by molar-refractivity contribution is 5.72. The van der Waals surface area contributed by atoms with Crippen LogP contribution in [-0.2, 0) is 17.8 Å². The van der Waals surface area contributed by atoms with Gasteiger partial charge in [-0.3, -0.25) is 4.79 Å². The Balaban J connectivity index is 1.61. The van der Waals surface area contributed by atoms with E-state index in [4.69, 9.17) is 0 Å². The molecule has 7 nitrogen and oxygen atoms in total. The third-order valence-electron chi connectivity index (χ3n) is 5.21. The number of nitrogens with zero attached hydrogens (tertiary/aromatic N) is 5. The number of carbonyl (C=O) groups is 1. The SMILES string of the molecule is O=C(O)C1CCN(Cc2nnnn2C2CCC2)c2ccccc2C1. The highest BCUT2D eigenvalue weighted by Gasteiger charge is 2.28. The summed E-state index contributed by atoms with van der Waals surface area (Å²) in [6.07, 6.45) is 4.72. The smallest absolute Gasteiger partial charge is 0.306 e. The Hall–Kier alpha value is -2.44. The lowest BCUT2D eigenvalue weighted by atomic mass is 9.93. The third-order valence-corrected chi connectivity index (χ3v) is 5.21. The monoisotopic (exact) mass is 327 g/mol. The standard InChI is InChI=1S/C17H21N5O2/c23-17(24)13-8-9-21(15-7-2-1-4-12(15)10-13)11-16-18-19-20-22(16)14-5-3-6-14/h1-2,4,7,13-14H,3,5-6,8-11H2,(H,23,24). The predicted octanol–water partition coefficient (Wildman–Crippen LogP) is 2.05. The summed E-state index contributed by atoms with van der Waals surface area (Å²) < 4.78 is 1.95. The van der Waals surface area contributed by atoms with Crippen LogP contribution in [0.1, 0.15) is 43.1 Å². The Morgan fingerprint density at radius 1 is 1.25 bits per heavy atom. The second-order valence-electron chi connectivity index (χ2n) is 6.70. The zero-order valence-electron chi connectivity index (χ0n) is 13.5. The van der Waals surface area contributed by atoms with Crippen LogP contribution < -0.4 is 4.90 Å². The third kappa shape index (κ3) is 2.74. The Bertz CT molecular complexity index is 740. The molecule has 4 rings (SSSR count). The van der Waals surface area contributed by atoms with Gasteiger partial charge in [-0.15, -0.1) is 5.10 Å².